The predicted octanol–water partition coefficient (Wildman–Crippen LogP) is 3.23. The summed E-state index contributed by atoms with van der Waals surface area (Å²) in [6.07, 6.45) is 3.79. The summed E-state index contributed by atoms with van der Waals surface area (Å²) in [4.78, 5) is 3.28. The maximum atomic E-state index is 6.72. The predicted molar refractivity (Wildman–Crippen MR) is 71.4 cm³/mol. The van der Waals surface area contributed by atoms with E-state index in [1.54, 1.807) is 0 Å². The van der Waals surface area contributed by atoms with E-state index in [2.05, 4.69) is 18.7 Å². The number of fused-ring (bicyclic) bond motifs is 2. The molecule has 5 heteroatoms. The van der Waals surface area contributed by atoms with Crippen LogP contribution in [-0.4, -0.2) is 37.6 Å². The van der Waals surface area contributed by atoms with Gasteiger partial charge in [-0.05, 0) is 26.2 Å². The Hall–Kier alpha value is -0.200. The van der Waals surface area contributed by atoms with E-state index in [9.17, 15) is 0 Å². The number of nitrogens with zero attached hydrogens (tertiary/aromatic N) is 1. The van der Waals surface area contributed by atoms with Crippen molar-refractivity contribution in [2.75, 3.05) is 19.8 Å². The van der Waals surface area contributed by atoms with E-state index in [0.29, 0.717) is 25.2 Å². The first kappa shape index (κ1) is 14.2. The van der Waals surface area contributed by atoms with Crippen molar-refractivity contribution in [2.45, 2.75) is 50.9 Å². The Kier molecular flexibility index (Phi) is 4.61. The molecule has 0 spiro atoms. The fourth-order valence-corrected chi connectivity index (χ4v) is 4.27. The third kappa shape index (κ3) is 2.56. The van der Waals surface area contributed by atoms with Crippen LogP contribution in [-0.2, 0) is 13.8 Å². The third-order valence-corrected chi connectivity index (χ3v) is 5.24. The smallest absolute Gasteiger partial charge is 0.238 e. The summed E-state index contributed by atoms with van der Waals surface area (Å²) < 4.78 is 17.8. The molecule has 5 atom stereocenters. The van der Waals surface area contributed by atoms with E-state index in [-0.39, 0.29) is 11.7 Å². The molecule has 1 aliphatic heterocycles. The van der Waals surface area contributed by atoms with Crippen LogP contribution < -0.4 is 0 Å². The minimum absolute atomic E-state index is 0.0795. The average molecular weight is 271 g/mol. The molecule has 4 nitrogen and oxygen atoms in total. The van der Waals surface area contributed by atoms with Gasteiger partial charge in [0.1, 0.15) is 6.61 Å². The van der Waals surface area contributed by atoms with Crippen molar-refractivity contribution in [2.24, 2.45) is 5.92 Å². The Morgan fingerprint density at radius 3 is 2.94 bits per heavy atom. The van der Waals surface area contributed by atoms with Gasteiger partial charge < -0.3 is 18.6 Å². The maximum Gasteiger partial charge on any atom is 0.238 e. The van der Waals surface area contributed by atoms with Crippen LogP contribution in [0, 0.1) is 12.5 Å². The summed E-state index contributed by atoms with van der Waals surface area (Å²) in [7, 11) is -0.896. The molecule has 1 unspecified atom stereocenters. The van der Waals surface area contributed by atoms with Crippen molar-refractivity contribution < 1.29 is 13.8 Å². The highest BCUT2D eigenvalue weighted by molar-refractivity contribution is 7.46. The third-order valence-electron chi connectivity index (χ3n) is 4.17. The fraction of sp³-hybridized carbons (Fsp3) is 0.923. The first-order valence-corrected chi connectivity index (χ1v) is 8.30. The molecule has 1 saturated carbocycles. The van der Waals surface area contributed by atoms with E-state index in [0.717, 1.165) is 12.8 Å². The van der Waals surface area contributed by atoms with Gasteiger partial charge in [0.2, 0.25) is 6.54 Å². The largest absolute Gasteiger partial charge is 0.369 e. The second kappa shape index (κ2) is 5.84. The van der Waals surface area contributed by atoms with E-state index in [1.165, 1.54) is 6.42 Å². The molecule has 1 heterocycles. The molecule has 18 heavy (non-hydrogen) atoms. The van der Waals surface area contributed by atoms with E-state index in [1.807, 2.05) is 6.66 Å². The SMILES string of the molecule is [C-]#[N+]CCOP(C)O[C@@H]1[C@@H]2CC[C@@]1(CC)O[C@H]2C. The summed E-state index contributed by atoms with van der Waals surface area (Å²) in [5, 5.41) is 0. The highest BCUT2D eigenvalue weighted by Gasteiger charge is 2.58. The Bertz CT molecular complexity index is 333. The minimum atomic E-state index is -0.896. The standard InChI is InChI=1S/C13H22NO3P/c1-5-13-7-6-11(10(2)16-13)12(13)17-18(4)15-9-8-14-3/h10-12H,5-9H2,1-2,4H3/t10-,11+,12+,13+,18?/m0/s1. The lowest BCUT2D eigenvalue weighted by Gasteiger charge is -2.31. The zero-order chi connectivity index (χ0) is 13.2. The molecule has 2 fully saturated rings. The first-order valence-electron chi connectivity index (χ1n) is 6.67. The lowest BCUT2D eigenvalue weighted by atomic mass is 9.96. The number of hydrogen-bond acceptors (Lipinski definition) is 3. The minimum Gasteiger partial charge on any atom is -0.369 e. The Morgan fingerprint density at radius 2 is 2.33 bits per heavy atom. The Morgan fingerprint density at radius 1 is 1.56 bits per heavy atom. The van der Waals surface area contributed by atoms with Crippen molar-refractivity contribution >= 4 is 8.38 Å². The van der Waals surface area contributed by atoms with Gasteiger partial charge in [0.05, 0.1) is 17.8 Å². The lowest BCUT2D eigenvalue weighted by Crippen LogP contribution is -2.37. The monoisotopic (exact) mass is 271 g/mol. The van der Waals surface area contributed by atoms with Crippen LogP contribution in [0.2, 0.25) is 0 Å². The van der Waals surface area contributed by atoms with Crippen LogP contribution in [0.3, 0.4) is 0 Å². The van der Waals surface area contributed by atoms with Gasteiger partial charge in [-0.3, -0.25) is 0 Å². The van der Waals surface area contributed by atoms with Gasteiger partial charge in [0, 0.05) is 12.6 Å². The molecular weight excluding hydrogens is 249 g/mol. The summed E-state index contributed by atoms with van der Waals surface area (Å²) in [6, 6.07) is 0. The average Bonchev–Trinajstić information content (AvgIpc) is 2.81. The van der Waals surface area contributed by atoms with Crippen molar-refractivity contribution in [3.8, 4) is 0 Å². The van der Waals surface area contributed by atoms with Gasteiger partial charge in [0.15, 0.2) is 8.38 Å². The normalized spacial score (nSPS) is 39.8. The quantitative estimate of drug-likeness (QED) is 0.422. The molecule has 0 aromatic rings. The van der Waals surface area contributed by atoms with Gasteiger partial charge in [0.25, 0.3) is 0 Å². The Labute approximate surface area is 111 Å². The number of hydrogen-bond donors (Lipinski definition) is 0. The van der Waals surface area contributed by atoms with E-state index in [4.69, 9.17) is 20.4 Å². The lowest BCUT2D eigenvalue weighted by molar-refractivity contribution is -0.0833. The van der Waals surface area contributed by atoms with Gasteiger partial charge in [-0.25, -0.2) is 6.57 Å². The summed E-state index contributed by atoms with van der Waals surface area (Å²) in [5.41, 5.74) is -0.0795. The number of rotatable bonds is 6. The van der Waals surface area contributed by atoms with Gasteiger partial charge in [-0.15, -0.1) is 0 Å². The first-order chi connectivity index (χ1) is 8.63. The summed E-state index contributed by atoms with van der Waals surface area (Å²) >= 11 is 0. The molecule has 2 rings (SSSR count). The molecule has 0 N–H and O–H groups in total. The van der Waals surface area contributed by atoms with Gasteiger partial charge in [-0.1, -0.05) is 6.92 Å². The second-order valence-corrected chi connectivity index (χ2v) is 6.47. The highest BCUT2D eigenvalue weighted by Crippen LogP contribution is 2.55. The molecular formula is C13H22NO3P. The molecule has 102 valence electrons. The topological polar surface area (TPSA) is 32.0 Å². The Balaban J connectivity index is 1.91. The second-order valence-electron chi connectivity index (χ2n) is 5.12. The summed E-state index contributed by atoms with van der Waals surface area (Å²) in [6.45, 7) is 13.9. The van der Waals surface area contributed by atoms with Crippen LogP contribution in [0.1, 0.15) is 33.1 Å². The van der Waals surface area contributed by atoms with Crippen molar-refractivity contribution in [3.63, 3.8) is 0 Å². The van der Waals surface area contributed by atoms with E-state index >= 15 is 0 Å². The van der Waals surface area contributed by atoms with Crippen LogP contribution in [0.5, 0.6) is 0 Å². The van der Waals surface area contributed by atoms with Crippen LogP contribution in [0.4, 0.5) is 0 Å². The van der Waals surface area contributed by atoms with Crippen LogP contribution in [0.25, 0.3) is 4.85 Å². The van der Waals surface area contributed by atoms with Crippen LogP contribution >= 0.6 is 8.38 Å². The molecule has 0 aromatic heterocycles. The zero-order valence-corrected chi connectivity index (χ0v) is 12.3. The molecule has 0 aromatic carbocycles. The molecule has 1 saturated heterocycles. The molecule has 0 radical (unpaired) electrons. The molecule has 1 aliphatic carbocycles. The molecule has 2 bridgehead atoms. The number of ether oxygens (including phenoxy) is 1. The van der Waals surface area contributed by atoms with E-state index < -0.39 is 8.38 Å². The van der Waals surface area contributed by atoms with Crippen molar-refractivity contribution in [1.29, 1.82) is 0 Å². The fourth-order valence-electron chi connectivity index (χ4n) is 3.20. The van der Waals surface area contributed by atoms with Crippen LogP contribution in [0.15, 0.2) is 0 Å². The highest BCUT2D eigenvalue weighted by atomic mass is 31.2. The molecule has 0 amide bonds. The van der Waals surface area contributed by atoms with Gasteiger partial charge in [-0.2, -0.15) is 0 Å². The van der Waals surface area contributed by atoms with Gasteiger partial charge >= 0.3 is 0 Å². The molecule has 2 aliphatic rings. The summed E-state index contributed by atoms with van der Waals surface area (Å²) in [5.74, 6) is 0.513. The maximum absolute atomic E-state index is 6.72. The van der Waals surface area contributed by atoms with Crippen molar-refractivity contribution in [1.82, 2.24) is 0 Å². The van der Waals surface area contributed by atoms with Crippen molar-refractivity contribution in [3.05, 3.63) is 11.4 Å². The zero-order valence-electron chi connectivity index (χ0n) is 11.4.